The van der Waals surface area contributed by atoms with E-state index in [4.69, 9.17) is 8.83 Å². The first kappa shape index (κ1) is 19.5. The second-order valence-electron chi connectivity index (χ2n) is 6.37. The molecule has 0 unspecified atom stereocenters. The molecule has 0 bridgehead atoms. The van der Waals surface area contributed by atoms with E-state index in [9.17, 15) is 18.0 Å². The Balaban J connectivity index is 1.59. The number of benzene rings is 2. The highest BCUT2D eigenvalue weighted by Gasteiger charge is 2.19. The summed E-state index contributed by atoms with van der Waals surface area (Å²) in [6.45, 7) is 0.169. The molecule has 0 atom stereocenters. The number of furan rings is 1. The zero-order valence-electron chi connectivity index (χ0n) is 15.5. The fourth-order valence-corrected chi connectivity index (χ4v) is 3.98. The monoisotopic (exact) mass is 424 g/mol. The van der Waals surface area contributed by atoms with Gasteiger partial charge in [-0.3, -0.25) is 9.52 Å². The molecule has 0 saturated heterocycles. The quantitative estimate of drug-likeness (QED) is 0.459. The van der Waals surface area contributed by atoms with Crippen molar-refractivity contribution in [2.75, 3.05) is 4.72 Å². The first-order valence-electron chi connectivity index (χ1n) is 8.89. The van der Waals surface area contributed by atoms with Gasteiger partial charge in [0.2, 0.25) is 0 Å². The van der Waals surface area contributed by atoms with Crippen LogP contribution in [0.25, 0.3) is 11.0 Å². The van der Waals surface area contributed by atoms with Crippen LogP contribution in [0.4, 0.5) is 5.69 Å². The van der Waals surface area contributed by atoms with Gasteiger partial charge in [-0.15, -0.1) is 0 Å². The van der Waals surface area contributed by atoms with Crippen LogP contribution in [-0.4, -0.2) is 14.3 Å². The first-order chi connectivity index (χ1) is 14.4. The average molecular weight is 424 g/mol. The molecule has 152 valence electrons. The van der Waals surface area contributed by atoms with Gasteiger partial charge < -0.3 is 14.2 Å². The molecular weight excluding hydrogens is 408 g/mol. The van der Waals surface area contributed by atoms with Crippen molar-refractivity contribution >= 4 is 32.6 Å². The third-order valence-corrected chi connectivity index (χ3v) is 5.68. The second-order valence-corrected chi connectivity index (χ2v) is 8.05. The van der Waals surface area contributed by atoms with Gasteiger partial charge in [0, 0.05) is 11.5 Å². The Kier molecular flexibility index (Phi) is 5.11. The number of rotatable bonds is 6. The van der Waals surface area contributed by atoms with Gasteiger partial charge in [0.15, 0.2) is 0 Å². The molecule has 2 N–H and O–H groups in total. The Hall–Kier alpha value is -3.85. The summed E-state index contributed by atoms with van der Waals surface area (Å²) in [6, 6.07) is 16.5. The van der Waals surface area contributed by atoms with Crippen LogP contribution in [0.3, 0.4) is 0 Å². The first-order valence-corrected chi connectivity index (χ1v) is 10.4. The summed E-state index contributed by atoms with van der Waals surface area (Å²) in [5, 5.41) is 3.15. The summed E-state index contributed by atoms with van der Waals surface area (Å²) in [5.41, 5.74) is 0.0541. The maximum atomic E-state index is 12.9. The Labute approximate surface area is 171 Å². The lowest BCUT2D eigenvalue weighted by atomic mass is 10.1. The topological polar surface area (TPSA) is 119 Å². The van der Waals surface area contributed by atoms with Gasteiger partial charge >= 0.3 is 5.63 Å². The van der Waals surface area contributed by atoms with E-state index in [0.29, 0.717) is 11.1 Å². The number of carbonyl (C=O) groups is 1. The van der Waals surface area contributed by atoms with Crippen molar-refractivity contribution < 1.29 is 22.0 Å². The van der Waals surface area contributed by atoms with Crippen LogP contribution >= 0.6 is 0 Å². The Morgan fingerprint density at radius 3 is 2.60 bits per heavy atom. The van der Waals surface area contributed by atoms with Gasteiger partial charge in [-0.05, 0) is 48.5 Å². The lowest BCUT2D eigenvalue weighted by Crippen LogP contribution is -2.24. The molecule has 0 aliphatic carbocycles. The van der Waals surface area contributed by atoms with E-state index in [1.54, 1.807) is 24.3 Å². The van der Waals surface area contributed by atoms with Crippen LogP contribution in [0.5, 0.6) is 0 Å². The van der Waals surface area contributed by atoms with Gasteiger partial charge in [0.25, 0.3) is 15.9 Å². The molecular formula is C21H16N2O6S. The highest BCUT2D eigenvalue weighted by molar-refractivity contribution is 7.92. The molecule has 2 aromatic carbocycles. The second kappa shape index (κ2) is 7.88. The zero-order chi connectivity index (χ0) is 21.1. The van der Waals surface area contributed by atoms with Crippen molar-refractivity contribution in [1.29, 1.82) is 0 Å². The minimum Gasteiger partial charge on any atom is -0.467 e. The fraction of sp³-hybridized carbons (Fsp3) is 0.0476. The van der Waals surface area contributed by atoms with E-state index in [0.717, 1.165) is 0 Å². The fourth-order valence-electron chi connectivity index (χ4n) is 2.87. The molecule has 1 amide bonds. The van der Waals surface area contributed by atoms with Crippen LogP contribution in [0.1, 0.15) is 16.1 Å². The maximum Gasteiger partial charge on any atom is 0.336 e. The van der Waals surface area contributed by atoms with E-state index in [1.165, 1.54) is 48.7 Å². The normalized spacial score (nSPS) is 11.3. The number of para-hydroxylation sites is 1. The summed E-state index contributed by atoms with van der Waals surface area (Å²) in [5.74, 6) is 0.120. The molecule has 2 aromatic heterocycles. The molecule has 30 heavy (non-hydrogen) atoms. The van der Waals surface area contributed by atoms with Gasteiger partial charge in [-0.2, -0.15) is 0 Å². The molecule has 0 fully saturated rings. The van der Waals surface area contributed by atoms with Gasteiger partial charge in [0.1, 0.15) is 11.3 Å². The summed E-state index contributed by atoms with van der Waals surface area (Å²) in [4.78, 5) is 23.8. The number of hydrogen-bond donors (Lipinski definition) is 2. The van der Waals surface area contributed by atoms with E-state index in [1.807, 2.05) is 0 Å². The summed E-state index contributed by atoms with van der Waals surface area (Å²) >= 11 is 0. The van der Waals surface area contributed by atoms with Crippen molar-refractivity contribution in [3.8, 4) is 0 Å². The van der Waals surface area contributed by atoms with Crippen molar-refractivity contribution in [1.82, 2.24) is 5.32 Å². The number of amides is 1. The Morgan fingerprint density at radius 2 is 1.80 bits per heavy atom. The number of anilines is 1. The average Bonchev–Trinajstić information content (AvgIpc) is 3.25. The van der Waals surface area contributed by atoms with Crippen LogP contribution in [-0.2, 0) is 16.6 Å². The van der Waals surface area contributed by atoms with Crippen molar-refractivity contribution in [3.05, 3.63) is 94.7 Å². The maximum absolute atomic E-state index is 12.9. The molecule has 2 heterocycles. The van der Waals surface area contributed by atoms with Crippen molar-refractivity contribution in [2.24, 2.45) is 0 Å². The summed E-state index contributed by atoms with van der Waals surface area (Å²) in [7, 11) is -4.00. The van der Waals surface area contributed by atoms with Crippen molar-refractivity contribution in [2.45, 2.75) is 11.4 Å². The lowest BCUT2D eigenvalue weighted by molar-refractivity contribution is 0.0949. The minimum atomic E-state index is -4.00. The molecule has 0 spiro atoms. The summed E-state index contributed by atoms with van der Waals surface area (Å²) < 4.78 is 38.4. The van der Waals surface area contributed by atoms with Crippen LogP contribution in [0.2, 0.25) is 0 Å². The van der Waals surface area contributed by atoms with E-state index >= 15 is 0 Å². The Morgan fingerprint density at radius 1 is 0.967 bits per heavy atom. The third kappa shape index (κ3) is 4.11. The molecule has 8 nitrogen and oxygen atoms in total. The van der Waals surface area contributed by atoms with Gasteiger partial charge in [-0.25, -0.2) is 13.2 Å². The SMILES string of the molecule is O=C(NCc1ccco1)c1ccccc1NS(=O)(=O)c1ccc2oc(=O)ccc2c1. The molecule has 4 rings (SSSR count). The molecule has 0 saturated carbocycles. The highest BCUT2D eigenvalue weighted by Crippen LogP contribution is 2.23. The number of hydrogen-bond acceptors (Lipinski definition) is 6. The van der Waals surface area contributed by atoms with E-state index in [-0.39, 0.29) is 28.3 Å². The molecule has 9 heteroatoms. The minimum absolute atomic E-state index is 0.0327. The van der Waals surface area contributed by atoms with E-state index in [2.05, 4.69) is 10.0 Å². The largest absolute Gasteiger partial charge is 0.467 e. The lowest BCUT2D eigenvalue weighted by Gasteiger charge is -2.13. The summed E-state index contributed by atoms with van der Waals surface area (Å²) in [6.07, 6.45) is 1.50. The predicted octanol–water partition coefficient (Wildman–Crippen LogP) is 3.12. The van der Waals surface area contributed by atoms with Crippen LogP contribution in [0, 0.1) is 0 Å². The number of fused-ring (bicyclic) bond motifs is 1. The zero-order valence-corrected chi connectivity index (χ0v) is 16.3. The van der Waals surface area contributed by atoms with Gasteiger partial charge in [-0.1, -0.05) is 12.1 Å². The molecule has 0 aliphatic rings. The number of sulfonamides is 1. The third-order valence-electron chi connectivity index (χ3n) is 4.32. The number of nitrogens with one attached hydrogen (secondary N) is 2. The molecule has 0 aliphatic heterocycles. The van der Waals surface area contributed by atoms with Crippen LogP contribution in [0.15, 0.2) is 91.5 Å². The standard InChI is InChI=1S/C21H16N2O6S/c24-20-10-7-14-12-16(8-9-19(14)29-20)30(26,27)23-18-6-2-1-5-17(18)21(25)22-13-15-4-3-11-28-15/h1-12,23H,13H2,(H,22,25). The van der Waals surface area contributed by atoms with Crippen LogP contribution < -0.4 is 15.7 Å². The Bertz CT molecular complexity index is 1370. The van der Waals surface area contributed by atoms with E-state index < -0.39 is 21.6 Å². The number of carbonyl (C=O) groups excluding carboxylic acids is 1. The van der Waals surface area contributed by atoms with Crippen molar-refractivity contribution in [3.63, 3.8) is 0 Å². The molecule has 0 radical (unpaired) electrons. The van der Waals surface area contributed by atoms with Gasteiger partial charge in [0.05, 0.1) is 29.0 Å². The smallest absolute Gasteiger partial charge is 0.336 e. The predicted molar refractivity (Wildman–Crippen MR) is 110 cm³/mol. The highest BCUT2D eigenvalue weighted by atomic mass is 32.2. The molecule has 4 aromatic rings.